The van der Waals surface area contributed by atoms with E-state index in [4.69, 9.17) is 11.6 Å². The van der Waals surface area contributed by atoms with Gasteiger partial charge < -0.3 is 10.2 Å². The van der Waals surface area contributed by atoms with Crippen molar-refractivity contribution in [3.8, 4) is 0 Å². The van der Waals surface area contributed by atoms with Crippen molar-refractivity contribution in [2.75, 3.05) is 26.0 Å². The summed E-state index contributed by atoms with van der Waals surface area (Å²) in [6, 6.07) is 0. The summed E-state index contributed by atoms with van der Waals surface area (Å²) >= 11 is 5.84. The number of hydrogen-bond donors (Lipinski definition) is 1. The van der Waals surface area contributed by atoms with E-state index in [1.807, 2.05) is 6.92 Å². The second kappa shape index (κ2) is 5.65. The van der Waals surface area contributed by atoms with Crippen molar-refractivity contribution >= 4 is 23.3 Å². The monoisotopic (exact) mass is 242 g/mol. The molecule has 0 aliphatic carbocycles. The lowest BCUT2D eigenvalue weighted by molar-refractivity contribution is -0.128. The van der Waals surface area contributed by atoms with Gasteiger partial charge in [-0.25, -0.2) is 9.97 Å². The Hall–Kier alpha value is -1.36. The summed E-state index contributed by atoms with van der Waals surface area (Å²) in [4.78, 5) is 20.8. The lowest BCUT2D eigenvalue weighted by Crippen LogP contribution is -2.24. The van der Waals surface area contributed by atoms with Gasteiger partial charge in [0.15, 0.2) is 0 Å². The molecule has 1 aromatic heterocycles. The summed E-state index contributed by atoms with van der Waals surface area (Å²) in [7, 11) is 3.46. The Morgan fingerprint density at radius 3 is 2.81 bits per heavy atom. The Balaban J connectivity index is 2.49. The van der Waals surface area contributed by atoms with Gasteiger partial charge in [0.25, 0.3) is 0 Å². The lowest BCUT2D eigenvalue weighted by atomic mass is 10.3. The molecule has 16 heavy (non-hydrogen) atoms. The van der Waals surface area contributed by atoms with E-state index in [1.165, 1.54) is 6.33 Å². The fourth-order valence-electron chi connectivity index (χ4n) is 1.12. The first-order valence-corrected chi connectivity index (χ1v) is 5.31. The highest BCUT2D eigenvalue weighted by atomic mass is 35.5. The standard InChI is InChI=1S/C10H15ClN4O/c1-7-9(11)13-6-14-10(7)12-5-4-8(16)15(2)3/h6H,4-5H2,1-3H3,(H,12,13,14). The first kappa shape index (κ1) is 12.7. The van der Waals surface area contributed by atoms with Crippen LogP contribution >= 0.6 is 11.6 Å². The van der Waals surface area contributed by atoms with Gasteiger partial charge in [0.2, 0.25) is 5.91 Å². The first-order chi connectivity index (χ1) is 7.52. The van der Waals surface area contributed by atoms with Crippen LogP contribution in [0.4, 0.5) is 5.82 Å². The Kier molecular flexibility index (Phi) is 4.49. The van der Waals surface area contributed by atoms with Gasteiger partial charge in [-0.2, -0.15) is 0 Å². The number of aromatic nitrogens is 2. The predicted octanol–water partition coefficient (Wildman–Crippen LogP) is 1.33. The summed E-state index contributed by atoms with van der Waals surface area (Å²) in [5, 5.41) is 3.48. The number of nitrogens with zero attached hydrogens (tertiary/aromatic N) is 3. The zero-order valence-corrected chi connectivity index (χ0v) is 10.4. The van der Waals surface area contributed by atoms with Crippen LogP contribution in [0.25, 0.3) is 0 Å². The quantitative estimate of drug-likeness (QED) is 0.810. The Morgan fingerprint density at radius 2 is 2.19 bits per heavy atom. The number of anilines is 1. The van der Waals surface area contributed by atoms with Crippen LogP contribution in [0.5, 0.6) is 0 Å². The Morgan fingerprint density at radius 1 is 1.50 bits per heavy atom. The molecule has 0 aliphatic heterocycles. The van der Waals surface area contributed by atoms with Crippen molar-refractivity contribution in [1.29, 1.82) is 0 Å². The molecular weight excluding hydrogens is 228 g/mol. The zero-order chi connectivity index (χ0) is 12.1. The third kappa shape index (κ3) is 3.34. The van der Waals surface area contributed by atoms with Crippen LogP contribution in [0.15, 0.2) is 6.33 Å². The van der Waals surface area contributed by atoms with Gasteiger partial charge in [0, 0.05) is 32.6 Å². The van der Waals surface area contributed by atoms with E-state index >= 15 is 0 Å². The Labute approximate surface area is 99.8 Å². The molecule has 0 radical (unpaired) electrons. The van der Waals surface area contributed by atoms with Gasteiger partial charge in [0.1, 0.15) is 17.3 Å². The zero-order valence-electron chi connectivity index (χ0n) is 9.62. The summed E-state index contributed by atoms with van der Waals surface area (Å²) < 4.78 is 0. The fraction of sp³-hybridized carbons (Fsp3) is 0.500. The molecule has 0 fully saturated rings. The second-order valence-corrected chi connectivity index (χ2v) is 3.96. The van der Waals surface area contributed by atoms with Crippen LogP contribution in [0, 0.1) is 6.92 Å². The van der Waals surface area contributed by atoms with Crippen molar-refractivity contribution in [2.45, 2.75) is 13.3 Å². The van der Waals surface area contributed by atoms with E-state index < -0.39 is 0 Å². The van der Waals surface area contributed by atoms with Crippen LogP contribution in [0.2, 0.25) is 5.15 Å². The third-order valence-electron chi connectivity index (χ3n) is 2.15. The SMILES string of the molecule is Cc1c(Cl)ncnc1NCCC(=O)N(C)C. The number of hydrogen-bond acceptors (Lipinski definition) is 4. The molecule has 0 aromatic carbocycles. The molecule has 0 aliphatic rings. The van der Waals surface area contributed by atoms with E-state index in [0.717, 1.165) is 5.56 Å². The number of nitrogens with one attached hydrogen (secondary N) is 1. The highest BCUT2D eigenvalue weighted by Gasteiger charge is 2.06. The molecular formula is C10H15ClN4O. The summed E-state index contributed by atoms with van der Waals surface area (Å²) in [6.07, 6.45) is 1.82. The van der Waals surface area contributed by atoms with E-state index in [0.29, 0.717) is 23.9 Å². The molecule has 1 amide bonds. The average molecular weight is 243 g/mol. The van der Waals surface area contributed by atoms with Gasteiger partial charge in [-0.3, -0.25) is 4.79 Å². The molecule has 0 saturated heterocycles. The van der Waals surface area contributed by atoms with Gasteiger partial charge in [0.05, 0.1) is 0 Å². The van der Waals surface area contributed by atoms with Crippen LogP contribution < -0.4 is 5.32 Å². The summed E-state index contributed by atoms with van der Waals surface area (Å²) in [5.41, 5.74) is 0.793. The molecule has 0 saturated carbocycles. The minimum Gasteiger partial charge on any atom is -0.369 e. The molecule has 5 nitrogen and oxygen atoms in total. The van der Waals surface area contributed by atoms with E-state index in [-0.39, 0.29) is 5.91 Å². The summed E-state index contributed by atoms with van der Waals surface area (Å²) in [6.45, 7) is 2.36. The van der Waals surface area contributed by atoms with Crippen molar-refractivity contribution in [2.24, 2.45) is 0 Å². The van der Waals surface area contributed by atoms with Crippen molar-refractivity contribution < 1.29 is 4.79 Å². The number of halogens is 1. The summed E-state index contributed by atoms with van der Waals surface area (Å²) in [5.74, 6) is 0.747. The maximum absolute atomic E-state index is 11.3. The van der Waals surface area contributed by atoms with E-state index in [9.17, 15) is 4.79 Å². The van der Waals surface area contributed by atoms with Crippen molar-refractivity contribution in [3.05, 3.63) is 17.0 Å². The first-order valence-electron chi connectivity index (χ1n) is 4.93. The molecule has 1 rings (SSSR count). The second-order valence-electron chi connectivity index (χ2n) is 3.60. The average Bonchev–Trinajstić information content (AvgIpc) is 2.24. The number of carbonyl (C=O) groups is 1. The van der Waals surface area contributed by atoms with E-state index in [2.05, 4.69) is 15.3 Å². The molecule has 1 heterocycles. The molecule has 0 bridgehead atoms. The maximum Gasteiger partial charge on any atom is 0.223 e. The molecule has 0 spiro atoms. The molecule has 0 atom stereocenters. The van der Waals surface area contributed by atoms with Crippen LogP contribution in [0.3, 0.4) is 0 Å². The van der Waals surface area contributed by atoms with Crippen LogP contribution in [0.1, 0.15) is 12.0 Å². The van der Waals surface area contributed by atoms with Gasteiger partial charge in [-0.15, -0.1) is 0 Å². The molecule has 1 aromatic rings. The van der Waals surface area contributed by atoms with Crippen LogP contribution in [-0.4, -0.2) is 41.4 Å². The molecule has 88 valence electrons. The molecule has 0 unspecified atom stereocenters. The third-order valence-corrected chi connectivity index (χ3v) is 2.53. The number of carbonyl (C=O) groups excluding carboxylic acids is 1. The number of amides is 1. The van der Waals surface area contributed by atoms with Crippen molar-refractivity contribution in [1.82, 2.24) is 14.9 Å². The lowest BCUT2D eigenvalue weighted by Gasteiger charge is -2.11. The predicted molar refractivity (Wildman–Crippen MR) is 63.6 cm³/mol. The highest BCUT2D eigenvalue weighted by Crippen LogP contribution is 2.17. The number of rotatable bonds is 4. The van der Waals surface area contributed by atoms with Crippen molar-refractivity contribution in [3.63, 3.8) is 0 Å². The maximum atomic E-state index is 11.3. The topological polar surface area (TPSA) is 58.1 Å². The van der Waals surface area contributed by atoms with Crippen LogP contribution in [-0.2, 0) is 4.79 Å². The smallest absolute Gasteiger partial charge is 0.223 e. The highest BCUT2D eigenvalue weighted by molar-refractivity contribution is 6.30. The van der Waals surface area contributed by atoms with Gasteiger partial charge >= 0.3 is 0 Å². The van der Waals surface area contributed by atoms with Gasteiger partial charge in [-0.1, -0.05) is 11.6 Å². The van der Waals surface area contributed by atoms with Gasteiger partial charge in [-0.05, 0) is 6.92 Å². The fourth-order valence-corrected chi connectivity index (χ4v) is 1.25. The molecule has 1 N–H and O–H groups in total. The molecule has 6 heteroatoms. The minimum absolute atomic E-state index is 0.0744. The normalized spacial score (nSPS) is 10.0. The van der Waals surface area contributed by atoms with E-state index in [1.54, 1.807) is 19.0 Å². The Bertz CT molecular complexity index is 381. The largest absolute Gasteiger partial charge is 0.369 e. The minimum atomic E-state index is 0.0744.